The maximum absolute atomic E-state index is 5.59. The number of ether oxygens (including phenoxy) is 1. The van der Waals surface area contributed by atoms with Crippen LogP contribution in [0.2, 0.25) is 0 Å². The Bertz CT molecular complexity index is 981. The minimum absolute atomic E-state index is 0.907. The fourth-order valence-corrected chi connectivity index (χ4v) is 4.56. The molecule has 4 heteroatoms. The zero-order valence-electron chi connectivity index (χ0n) is 14.7. The molecule has 2 aromatic carbocycles. The van der Waals surface area contributed by atoms with Gasteiger partial charge in [-0.25, -0.2) is 4.57 Å². The molecule has 0 radical (unpaired) electrons. The SMILES string of the molecule is CCN1/C(=C/c2cc[n+](C)c3ccccc23)Sc2cccc(OC)c21. The molecule has 0 atom stereocenters. The van der Waals surface area contributed by atoms with Crippen molar-refractivity contribution in [2.45, 2.75) is 11.8 Å². The Hall–Kier alpha value is -2.46. The molecule has 25 heavy (non-hydrogen) atoms. The second-order valence-corrected chi connectivity index (χ2v) is 7.10. The van der Waals surface area contributed by atoms with E-state index in [4.69, 9.17) is 4.74 Å². The lowest BCUT2D eigenvalue weighted by Gasteiger charge is -2.20. The summed E-state index contributed by atoms with van der Waals surface area (Å²) in [5.74, 6) is 0.930. The standard InChI is InChI=1S/C21H21N2OS/c1-4-23-20(25-19-11-7-10-18(24-3)21(19)23)14-15-12-13-22(2)17-9-6-5-8-16(15)17/h5-14H,4H2,1-3H3/q+1. The summed E-state index contributed by atoms with van der Waals surface area (Å²) in [5, 5.41) is 2.50. The number of hydrogen-bond acceptors (Lipinski definition) is 3. The molecule has 0 saturated heterocycles. The van der Waals surface area contributed by atoms with Crippen LogP contribution < -0.4 is 14.2 Å². The number of methoxy groups -OCH3 is 1. The van der Waals surface area contributed by atoms with Crippen LogP contribution in [0, 0.1) is 0 Å². The molecule has 0 N–H and O–H groups in total. The molecule has 0 fully saturated rings. The van der Waals surface area contributed by atoms with Crippen LogP contribution >= 0.6 is 11.8 Å². The molecule has 0 spiro atoms. The molecule has 0 amide bonds. The number of aryl methyl sites for hydroxylation is 1. The number of aromatic nitrogens is 1. The predicted octanol–water partition coefficient (Wildman–Crippen LogP) is 4.60. The van der Waals surface area contributed by atoms with Crippen molar-refractivity contribution < 1.29 is 9.30 Å². The van der Waals surface area contributed by atoms with Crippen LogP contribution in [0.25, 0.3) is 17.0 Å². The highest BCUT2D eigenvalue weighted by molar-refractivity contribution is 8.03. The van der Waals surface area contributed by atoms with Crippen molar-refractivity contribution in [1.82, 2.24) is 0 Å². The largest absolute Gasteiger partial charge is 0.495 e. The van der Waals surface area contributed by atoms with Crippen molar-refractivity contribution in [3.05, 3.63) is 65.3 Å². The lowest BCUT2D eigenvalue weighted by Crippen LogP contribution is -2.28. The average molecular weight is 349 g/mol. The van der Waals surface area contributed by atoms with Gasteiger partial charge >= 0.3 is 0 Å². The maximum Gasteiger partial charge on any atom is 0.212 e. The van der Waals surface area contributed by atoms with Crippen molar-refractivity contribution in [3.63, 3.8) is 0 Å². The van der Waals surface area contributed by atoms with Crippen LogP contribution in [0.1, 0.15) is 12.5 Å². The Morgan fingerprint density at radius 3 is 2.76 bits per heavy atom. The summed E-state index contributed by atoms with van der Waals surface area (Å²) in [6, 6.07) is 17.0. The van der Waals surface area contributed by atoms with Gasteiger partial charge in [0.2, 0.25) is 5.52 Å². The summed E-state index contributed by atoms with van der Waals surface area (Å²) in [7, 11) is 3.82. The number of para-hydroxylation sites is 2. The zero-order chi connectivity index (χ0) is 17.4. The quantitative estimate of drug-likeness (QED) is 0.643. The molecule has 1 aliphatic rings. The molecule has 0 saturated carbocycles. The smallest absolute Gasteiger partial charge is 0.212 e. The maximum atomic E-state index is 5.59. The summed E-state index contributed by atoms with van der Waals surface area (Å²) in [4.78, 5) is 3.58. The number of fused-ring (bicyclic) bond motifs is 2. The number of benzene rings is 2. The number of rotatable bonds is 3. The van der Waals surface area contributed by atoms with E-state index >= 15 is 0 Å². The molecule has 1 aromatic heterocycles. The van der Waals surface area contributed by atoms with Gasteiger partial charge in [0.05, 0.1) is 23.2 Å². The van der Waals surface area contributed by atoms with Crippen LogP contribution in [0.5, 0.6) is 5.75 Å². The Morgan fingerprint density at radius 2 is 1.96 bits per heavy atom. The van der Waals surface area contributed by atoms with Crippen LogP contribution in [0.15, 0.2) is 64.7 Å². The van der Waals surface area contributed by atoms with E-state index in [2.05, 4.69) is 78.2 Å². The normalized spacial score (nSPS) is 15.0. The van der Waals surface area contributed by atoms with Crippen LogP contribution in [-0.4, -0.2) is 13.7 Å². The molecule has 0 unspecified atom stereocenters. The molecule has 0 bridgehead atoms. The fourth-order valence-electron chi connectivity index (χ4n) is 3.36. The highest BCUT2D eigenvalue weighted by atomic mass is 32.2. The fraction of sp³-hybridized carbons (Fsp3) is 0.190. The summed E-state index contributed by atoms with van der Waals surface area (Å²) < 4.78 is 7.75. The van der Waals surface area contributed by atoms with E-state index in [-0.39, 0.29) is 0 Å². The first kappa shape index (κ1) is 16.0. The molecular formula is C21H21N2OS+. The Labute approximate surface area is 152 Å². The van der Waals surface area contributed by atoms with Crippen LogP contribution in [0.3, 0.4) is 0 Å². The molecule has 126 valence electrons. The van der Waals surface area contributed by atoms with E-state index in [0.29, 0.717) is 0 Å². The van der Waals surface area contributed by atoms with Gasteiger partial charge < -0.3 is 9.64 Å². The molecule has 1 aliphatic heterocycles. The highest BCUT2D eigenvalue weighted by Gasteiger charge is 2.27. The minimum atomic E-state index is 0.907. The van der Waals surface area contributed by atoms with Crippen molar-refractivity contribution >= 4 is 34.4 Å². The van der Waals surface area contributed by atoms with Gasteiger partial charge in [-0.05, 0) is 36.8 Å². The minimum Gasteiger partial charge on any atom is -0.495 e. The van der Waals surface area contributed by atoms with E-state index in [1.807, 2.05) is 6.07 Å². The molecule has 0 aliphatic carbocycles. The van der Waals surface area contributed by atoms with Gasteiger partial charge in [0, 0.05) is 23.6 Å². The van der Waals surface area contributed by atoms with Gasteiger partial charge in [0.25, 0.3) is 0 Å². The summed E-state index contributed by atoms with van der Waals surface area (Å²) in [6.07, 6.45) is 4.41. The van der Waals surface area contributed by atoms with Crippen LogP contribution in [-0.2, 0) is 7.05 Å². The van der Waals surface area contributed by atoms with Gasteiger partial charge in [-0.2, -0.15) is 0 Å². The lowest BCUT2D eigenvalue weighted by atomic mass is 10.1. The monoisotopic (exact) mass is 349 g/mol. The Balaban J connectivity index is 1.85. The Morgan fingerprint density at radius 1 is 1.12 bits per heavy atom. The van der Waals surface area contributed by atoms with E-state index in [0.717, 1.165) is 12.3 Å². The molecule has 3 aromatic rings. The summed E-state index contributed by atoms with van der Waals surface area (Å²) >= 11 is 1.81. The summed E-state index contributed by atoms with van der Waals surface area (Å²) in [5.41, 5.74) is 3.65. The third kappa shape index (κ3) is 2.67. The molecular weight excluding hydrogens is 328 g/mol. The second kappa shape index (κ2) is 6.45. The van der Waals surface area contributed by atoms with E-state index < -0.39 is 0 Å². The van der Waals surface area contributed by atoms with E-state index in [9.17, 15) is 0 Å². The first-order valence-electron chi connectivity index (χ1n) is 8.44. The number of anilines is 1. The average Bonchev–Trinajstić information content (AvgIpc) is 3.01. The van der Waals surface area contributed by atoms with Gasteiger partial charge in [0.15, 0.2) is 6.20 Å². The molecule has 4 rings (SSSR count). The predicted molar refractivity (Wildman–Crippen MR) is 105 cm³/mol. The van der Waals surface area contributed by atoms with Crippen molar-refractivity contribution in [3.8, 4) is 5.75 Å². The van der Waals surface area contributed by atoms with Crippen LogP contribution in [0.4, 0.5) is 5.69 Å². The van der Waals surface area contributed by atoms with Crippen molar-refractivity contribution in [2.75, 3.05) is 18.6 Å². The van der Waals surface area contributed by atoms with Gasteiger partial charge in [-0.15, -0.1) is 0 Å². The van der Waals surface area contributed by atoms with Crippen molar-refractivity contribution in [2.24, 2.45) is 7.05 Å². The number of thioether (sulfide) groups is 1. The second-order valence-electron chi connectivity index (χ2n) is 6.04. The van der Waals surface area contributed by atoms with Crippen molar-refractivity contribution in [1.29, 1.82) is 0 Å². The number of hydrogen-bond donors (Lipinski definition) is 0. The zero-order valence-corrected chi connectivity index (χ0v) is 15.5. The van der Waals surface area contributed by atoms with Gasteiger partial charge in [-0.1, -0.05) is 30.0 Å². The topological polar surface area (TPSA) is 16.4 Å². The first-order valence-corrected chi connectivity index (χ1v) is 9.26. The van der Waals surface area contributed by atoms with E-state index in [1.165, 1.54) is 32.1 Å². The molecule has 2 heterocycles. The molecule has 3 nitrogen and oxygen atoms in total. The lowest BCUT2D eigenvalue weighted by molar-refractivity contribution is -0.644. The number of pyridine rings is 1. The number of nitrogens with zero attached hydrogens (tertiary/aromatic N) is 2. The first-order chi connectivity index (χ1) is 12.2. The van der Waals surface area contributed by atoms with E-state index in [1.54, 1.807) is 18.9 Å². The third-order valence-corrected chi connectivity index (χ3v) is 5.70. The third-order valence-electron chi connectivity index (χ3n) is 4.60. The van der Waals surface area contributed by atoms with Gasteiger partial charge in [0.1, 0.15) is 12.8 Å². The van der Waals surface area contributed by atoms with Gasteiger partial charge in [-0.3, -0.25) is 0 Å². The Kier molecular flexibility index (Phi) is 4.14. The summed E-state index contributed by atoms with van der Waals surface area (Å²) in [6.45, 7) is 3.09. The highest BCUT2D eigenvalue weighted by Crippen LogP contribution is 2.50.